The molecule has 7 nitrogen and oxygen atoms in total. The molecule has 0 aliphatic heterocycles. The second-order valence-corrected chi connectivity index (χ2v) is 4.68. The van der Waals surface area contributed by atoms with Crippen LogP contribution in [0.15, 0.2) is 29.8 Å². The molecule has 1 aromatic heterocycles. The molecule has 2 N–H and O–H groups in total. The van der Waals surface area contributed by atoms with Crippen molar-refractivity contribution >= 4 is 33.8 Å². The number of benzene rings is 1. The minimum atomic E-state index is -0.561. The molecule has 2 aromatic rings. The van der Waals surface area contributed by atoms with E-state index in [1.807, 2.05) is 6.92 Å². The number of nitro benzene ring substituents is 1. The Morgan fingerprint density at radius 1 is 1.50 bits per heavy atom. The molecule has 0 saturated heterocycles. The average Bonchev–Trinajstić information content (AvgIpc) is 2.91. The maximum absolute atomic E-state index is 12.1. The summed E-state index contributed by atoms with van der Waals surface area (Å²) >= 11 is 1.25. The predicted molar refractivity (Wildman–Crippen MR) is 77.3 cm³/mol. The summed E-state index contributed by atoms with van der Waals surface area (Å²) in [6.07, 6.45) is 1.55. The first-order valence-corrected chi connectivity index (χ1v) is 6.73. The number of thiazole rings is 1. The maximum Gasteiger partial charge on any atom is 0.305 e. The number of carbonyl (C=O) groups is 1. The number of amides is 1. The van der Waals surface area contributed by atoms with E-state index >= 15 is 0 Å². The van der Waals surface area contributed by atoms with Gasteiger partial charge >= 0.3 is 5.69 Å². The molecule has 1 aromatic carbocycles. The zero-order valence-corrected chi connectivity index (χ0v) is 11.4. The second kappa shape index (κ2) is 6.11. The average molecular weight is 292 g/mol. The Hall–Kier alpha value is -2.48. The van der Waals surface area contributed by atoms with Crippen molar-refractivity contribution in [2.24, 2.45) is 0 Å². The number of hydrogen-bond acceptors (Lipinski definition) is 6. The molecule has 20 heavy (non-hydrogen) atoms. The van der Waals surface area contributed by atoms with Gasteiger partial charge in [0.05, 0.1) is 4.92 Å². The van der Waals surface area contributed by atoms with Crippen LogP contribution in [-0.4, -0.2) is 22.4 Å². The molecular weight excluding hydrogens is 280 g/mol. The monoisotopic (exact) mass is 292 g/mol. The molecule has 0 aliphatic rings. The van der Waals surface area contributed by atoms with Crippen LogP contribution in [-0.2, 0) is 0 Å². The Balaban J connectivity index is 2.37. The van der Waals surface area contributed by atoms with Gasteiger partial charge in [-0.1, -0.05) is 6.07 Å². The highest BCUT2D eigenvalue weighted by Crippen LogP contribution is 2.29. The lowest BCUT2D eigenvalue weighted by atomic mass is 10.1. The van der Waals surface area contributed by atoms with Gasteiger partial charge in [-0.25, -0.2) is 4.98 Å². The highest BCUT2D eigenvalue weighted by Gasteiger charge is 2.24. The number of nitrogens with zero attached hydrogens (tertiary/aromatic N) is 2. The Kier molecular flexibility index (Phi) is 4.26. The lowest BCUT2D eigenvalue weighted by Gasteiger charge is -2.08. The van der Waals surface area contributed by atoms with Crippen molar-refractivity contribution in [1.82, 2.24) is 4.98 Å². The van der Waals surface area contributed by atoms with E-state index in [1.165, 1.54) is 17.4 Å². The van der Waals surface area contributed by atoms with Crippen molar-refractivity contribution in [2.75, 3.05) is 17.2 Å². The van der Waals surface area contributed by atoms with Crippen LogP contribution in [0.3, 0.4) is 0 Å². The number of nitrogens with one attached hydrogen (secondary N) is 2. The summed E-state index contributed by atoms with van der Waals surface area (Å²) in [4.78, 5) is 26.7. The zero-order valence-electron chi connectivity index (χ0n) is 10.6. The molecule has 0 unspecified atom stereocenters. The first-order chi connectivity index (χ1) is 9.63. The fraction of sp³-hybridized carbons (Fsp3) is 0.167. The van der Waals surface area contributed by atoms with E-state index in [0.717, 1.165) is 0 Å². The summed E-state index contributed by atoms with van der Waals surface area (Å²) in [5.41, 5.74) is 0.0938. The fourth-order valence-corrected chi connectivity index (χ4v) is 2.23. The smallest absolute Gasteiger partial charge is 0.305 e. The van der Waals surface area contributed by atoms with Crippen molar-refractivity contribution in [3.63, 3.8) is 0 Å². The largest absolute Gasteiger partial charge is 0.380 e. The van der Waals surface area contributed by atoms with Crippen LogP contribution in [0.25, 0.3) is 0 Å². The van der Waals surface area contributed by atoms with Crippen LogP contribution in [0.2, 0.25) is 0 Å². The summed E-state index contributed by atoms with van der Waals surface area (Å²) in [6.45, 7) is 2.35. The van der Waals surface area contributed by atoms with Crippen molar-refractivity contribution in [2.45, 2.75) is 6.92 Å². The second-order valence-electron chi connectivity index (χ2n) is 3.78. The van der Waals surface area contributed by atoms with Gasteiger partial charge in [-0.3, -0.25) is 20.2 Å². The number of nitro groups is 1. The quantitative estimate of drug-likeness (QED) is 0.652. The molecule has 0 atom stereocenters. The van der Waals surface area contributed by atoms with Crippen LogP contribution >= 0.6 is 11.3 Å². The maximum atomic E-state index is 12.1. The van der Waals surface area contributed by atoms with E-state index in [2.05, 4.69) is 15.6 Å². The Bertz CT molecular complexity index is 628. The molecule has 0 spiro atoms. The van der Waals surface area contributed by atoms with Crippen molar-refractivity contribution in [1.29, 1.82) is 0 Å². The number of rotatable bonds is 5. The molecule has 1 amide bonds. The molecule has 1 heterocycles. The van der Waals surface area contributed by atoms with E-state index < -0.39 is 10.8 Å². The molecule has 0 radical (unpaired) electrons. The van der Waals surface area contributed by atoms with E-state index in [9.17, 15) is 14.9 Å². The lowest BCUT2D eigenvalue weighted by molar-refractivity contribution is -0.384. The van der Waals surface area contributed by atoms with Crippen molar-refractivity contribution in [3.8, 4) is 0 Å². The Morgan fingerprint density at radius 2 is 2.30 bits per heavy atom. The van der Waals surface area contributed by atoms with E-state index in [4.69, 9.17) is 0 Å². The Labute approximate surface area is 118 Å². The van der Waals surface area contributed by atoms with Crippen LogP contribution in [0.5, 0.6) is 0 Å². The minimum absolute atomic E-state index is 0.00338. The highest BCUT2D eigenvalue weighted by molar-refractivity contribution is 7.13. The van der Waals surface area contributed by atoms with Gasteiger partial charge in [0.2, 0.25) is 0 Å². The number of carbonyl (C=O) groups excluding carboxylic acids is 1. The SMILES string of the molecule is CCNc1cccc(C(=O)Nc2nccs2)c1[N+](=O)[O-]. The first kappa shape index (κ1) is 13.9. The van der Waals surface area contributed by atoms with Gasteiger partial charge < -0.3 is 5.32 Å². The van der Waals surface area contributed by atoms with Gasteiger partial charge in [0, 0.05) is 18.1 Å². The third-order valence-electron chi connectivity index (χ3n) is 2.48. The van der Waals surface area contributed by atoms with Crippen LogP contribution in [0, 0.1) is 10.1 Å². The van der Waals surface area contributed by atoms with Crippen molar-refractivity contribution < 1.29 is 9.72 Å². The van der Waals surface area contributed by atoms with Gasteiger partial charge in [-0.15, -0.1) is 11.3 Å². The van der Waals surface area contributed by atoms with Crippen LogP contribution < -0.4 is 10.6 Å². The summed E-state index contributed by atoms with van der Waals surface area (Å²) in [5.74, 6) is -0.550. The van der Waals surface area contributed by atoms with E-state index in [0.29, 0.717) is 17.4 Å². The minimum Gasteiger partial charge on any atom is -0.380 e. The third-order valence-corrected chi connectivity index (χ3v) is 3.17. The van der Waals surface area contributed by atoms with Gasteiger partial charge in [0.15, 0.2) is 5.13 Å². The number of aromatic nitrogens is 1. The predicted octanol–water partition coefficient (Wildman–Crippen LogP) is 2.74. The molecule has 2 rings (SSSR count). The fourth-order valence-electron chi connectivity index (χ4n) is 1.71. The summed E-state index contributed by atoms with van der Waals surface area (Å²) < 4.78 is 0. The number of anilines is 2. The standard InChI is InChI=1S/C12H12N4O3S/c1-2-13-9-5-3-4-8(10(9)16(18)19)11(17)15-12-14-6-7-20-12/h3-7,13H,2H2,1H3,(H,14,15,17). The third kappa shape index (κ3) is 2.91. The molecule has 104 valence electrons. The van der Waals surface area contributed by atoms with Gasteiger partial charge in [0.1, 0.15) is 11.3 Å². The van der Waals surface area contributed by atoms with Crippen LogP contribution in [0.4, 0.5) is 16.5 Å². The molecule has 0 bridgehead atoms. The van der Waals surface area contributed by atoms with E-state index in [-0.39, 0.29) is 11.3 Å². The first-order valence-electron chi connectivity index (χ1n) is 5.85. The molecule has 0 aliphatic carbocycles. The number of para-hydroxylation sites is 1. The zero-order chi connectivity index (χ0) is 14.5. The molecule has 8 heteroatoms. The topological polar surface area (TPSA) is 97.2 Å². The van der Waals surface area contributed by atoms with E-state index in [1.54, 1.807) is 23.7 Å². The van der Waals surface area contributed by atoms with Crippen molar-refractivity contribution in [3.05, 3.63) is 45.5 Å². The Morgan fingerprint density at radius 3 is 2.90 bits per heavy atom. The highest BCUT2D eigenvalue weighted by atomic mass is 32.1. The summed E-state index contributed by atoms with van der Waals surface area (Å²) in [7, 11) is 0. The van der Waals surface area contributed by atoms with Gasteiger partial charge in [-0.05, 0) is 19.1 Å². The lowest BCUT2D eigenvalue weighted by Crippen LogP contribution is -2.15. The van der Waals surface area contributed by atoms with Gasteiger partial charge in [-0.2, -0.15) is 0 Å². The molecule has 0 saturated carbocycles. The summed E-state index contributed by atoms with van der Waals surface area (Å²) in [6, 6.07) is 4.59. The molecule has 0 fully saturated rings. The van der Waals surface area contributed by atoms with Crippen LogP contribution in [0.1, 0.15) is 17.3 Å². The normalized spacial score (nSPS) is 10.1. The number of hydrogen-bond donors (Lipinski definition) is 2. The summed E-state index contributed by atoms with van der Waals surface area (Å²) in [5, 5.41) is 18.7. The molecular formula is C12H12N4O3S. The van der Waals surface area contributed by atoms with Gasteiger partial charge in [0.25, 0.3) is 5.91 Å².